The molecule has 0 aromatic heterocycles. The van der Waals surface area contributed by atoms with Crippen LogP contribution in [0.25, 0.3) is 6.08 Å². The smallest absolute Gasteiger partial charge is 0.308 e. The van der Waals surface area contributed by atoms with Gasteiger partial charge in [-0.05, 0) is 41.5 Å². The van der Waals surface area contributed by atoms with Crippen LogP contribution in [-0.2, 0) is 9.59 Å². The molecular weight excluding hydrogens is 444 g/mol. The summed E-state index contributed by atoms with van der Waals surface area (Å²) < 4.78 is 16.2. The second kappa shape index (κ2) is 10.7. The molecule has 7 nitrogen and oxygen atoms in total. The van der Waals surface area contributed by atoms with Crippen molar-refractivity contribution in [1.29, 1.82) is 0 Å². The Bertz CT molecular complexity index is 1280. The van der Waals surface area contributed by atoms with Gasteiger partial charge in [-0.3, -0.25) is 9.59 Å². The molecule has 1 amide bonds. The quantitative estimate of drug-likeness (QED) is 0.275. The maximum atomic E-state index is 13.3. The van der Waals surface area contributed by atoms with Crippen molar-refractivity contribution in [2.75, 3.05) is 14.2 Å². The van der Waals surface area contributed by atoms with Gasteiger partial charge in [-0.15, -0.1) is 0 Å². The lowest BCUT2D eigenvalue weighted by atomic mass is 9.97. The molecule has 3 aromatic rings. The van der Waals surface area contributed by atoms with Crippen LogP contribution in [0, 0.1) is 0 Å². The fraction of sp³-hybridized carbons (Fsp3) is 0.179. The SMILES string of the molecule is COc1ccc(C2CC(c3ccccc3OC(C)=O)=NN2C(=O)C=Cc2ccccc2)cc1OC. The maximum absolute atomic E-state index is 13.3. The molecule has 0 bridgehead atoms. The van der Waals surface area contributed by atoms with Crippen molar-refractivity contribution in [1.82, 2.24) is 5.01 Å². The zero-order chi connectivity index (χ0) is 24.8. The highest BCUT2D eigenvalue weighted by Gasteiger charge is 2.34. The van der Waals surface area contributed by atoms with E-state index in [-0.39, 0.29) is 11.9 Å². The van der Waals surface area contributed by atoms with E-state index in [1.165, 1.54) is 18.0 Å². The van der Waals surface area contributed by atoms with Gasteiger partial charge < -0.3 is 14.2 Å². The highest BCUT2D eigenvalue weighted by molar-refractivity contribution is 6.06. The fourth-order valence-electron chi connectivity index (χ4n) is 3.95. The molecule has 1 heterocycles. The number of amides is 1. The molecule has 0 saturated carbocycles. The average molecular weight is 471 g/mol. The van der Waals surface area contributed by atoms with Crippen molar-refractivity contribution >= 4 is 23.7 Å². The minimum Gasteiger partial charge on any atom is -0.493 e. The van der Waals surface area contributed by atoms with Crippen LogP contribution in [0.2, 0.25) is 0 Å². The Labute approximate surface area is 204 Å². The number of para-hydroxylation sites is 1. The van der Waals surface area contributed by atoms with E-state index in [0.717, 1.165) is 11.1 Å². The van der Waals surface area contributed by atoms with Gasteiger partial charge in [0, 0.05) is 25.0 Å². The predicted octanol–water partition coefficient (Wildman–Crippen LogP) is 5.02. The van der Waals surface area contributed by atoms with Gasteiger partial charge in [0.05, 0.1) is 26.0 Å². The Balaban J connectivity index is 1.72. The number of carbonyl (C=O) groups is 2. The number of benzene rings is 3. The third kappa shape index (κ3) is 5.41. The van der Waals surface area contributed by atoms with E-state index in [2.05, 4.69) is 5.10 Å². The van der Waals surface area contributed by atoms with Gasteiger partial charge in [0.1, 0.15) is 5.75 Å². The molecule has 0 aliphatic carbocycles. The van der Waals surface area contributed by atoms with Crippen molar-refractivity contribution in [2.45, 2.75) is 19.4 Å². The first kappa shape index (κ1) is 23.8. The number of ether oxygens (including phenoxy) is 3. The monoisotopic (exact) mass is 470 g/mol. The summed E-state index contributed by atoms with van der Waals surface area (Å²) in [7, 11) is 3.14. The first-order valence-corrected chi connectivity index (χ1v) is 11.1. The number of esters is 1. The molecule has 1 aliphatic rings. The highest BCUT2D eigenvalue weighted by Crippen LogP contribution is 2.38. The van der Waals surface area contributed by atoms with E-state index < -0.39 is 5.97 Å². The van der Waals surface area contributed by atoms with Crippen molar-refractivity contribution < 1.29 is 23.8 Å². The van der Waals surface area contributed by atoms with Crippen LogP contribution in [0.4, 0.5) is 0 Å². The van der Waals surface area contributed by atoms with Gasteiger partial charge >= 0.3 is 5.97 Å². The fourth-order valence-corrected chi connectivity index (χ4v) is 3.95. The van der Waals surface area contributed by atoms with Crippen LogP contribution >= 0.6 is 0 Å². The minimum atomic E-state index is -0.425. The van der Waals surface area contributed by atoms with E-state index in [4.69, 9.17) is 14.2 Å². The molecule has 0 spiro atoms. The Morgan fingerprint density at radius 1 is 0.914 bits per heavy atom. The molecule has 7 heteroatoms. The van der Waals surface area contributed by atoms with Crippen molar-refractivity contribution in [3.8, 4) is 17.2 Å². The minimum absolute atomic E-state index is 0.270. The summed E-state index contributed by atoms with van der Waals surface area (Å²) in [5.74, 6) is 0.863. The Morgan fingerprint density at radius 3 is 2.34 bits per heavy atom. The van der Waals surface area contributed by atoms with E-state index in [9.17, 15) is 9.59 Å². The van der Waals surface area contributed by atoms with Gasteiger partial charge in [0.25, 0.3) is 5.91 Å². The Morgan fingerprint density at radius 2 is 1.63 bits per heavy atom. The molecule has 4 rings (SSSR count). The molecule has 0 N–H and O–H groups in total. The first-order chi connectivity index (χ1) is 17.0. The van der Waals surface area contributed by atoms with E-state index in [0.29, 0.717) is 34.9 Å². The maximum Gasteiger partial charge on any atom is 0.308 e. The molecular formula is C28H26N2O5. The standard InChI is InChI=1S/C28H26N2O5/c1-19(31)35-25-12-8-7-11-22(25)23-18-24(21-14-15-26(33-2)27(17-21)34-3)30(29-23)28(32)16-13-20-9-5-4-6-10-20/h4-17,24H,18H2,1-3H3. The predicted molar refractivity (Wildman–Crippen MR) is 134 cm³/mol. The third-order valence-corrected chi connectivity index (χ3v) is 5.60. The van der Waals surface area contributed by atoms with Crippen molar-refractivity contribution in [3.05, 3.63) is 95.6 Å². The molecule has 178 valence electrons. The van der Waals surface area contributed by atoms with Crippen LogP contribution in [0.1, 0.15) is 36.1 Å². The molecule has 3 aromatic carbocycles. The number of carbonyl (C=O) groups excluding carboxylic acids is 2. The summed E-state index contributed by atoms with van der Waals surface area (Å²) >= 11 is 0. The number of methoxy groups -OCH3 is 2. The van der Waals surface area contributed by atoms with Crippen LogP contribution in [0.15, 0.2) is 84.0 Å². The number of hydrogen-bond acceptors (Lipinski definition) is 6. The number of rotatable bonds is 7. The van der Waals surface area contributed by atoms with Crippen molar-refractivity contribution in [3.63, 3.8) is 0 Å². The lowest BCUT2D eigenvalue weighted by molar-refractivity contribution is -0.132. The largest absolute Gasteiger partial charge is 0.493 e. The average Bonchev–Trinajstić information content (AvgIpc) is 3.33. The van der Waals surface area contributed by atoms with Gasteiger partial charge in [0.2, 0.25) is 0 Å². The summed E-state index contributed by atoms with van der Waals surface area (Å²) in [4.78, 5) is 24.9. The third-order valence-electron chi connectivity index (χ3n) is 5.60. The highest BCUT2D eigenvalue weighted by atomic mass is 16.5. The van der Waals surface area contributed by atoms with Gasteiger partial charge in [-0.2, -0.15) is 5.10 Å². The van der Waals surface area contributed by atoms with E-state index in [1.54, 1.807) is 38.5 Å². The topological polar surface area (TPSA) is 77.4 Å². The second-order valence-electron chi connectivity index (χ2n) is 7.90. The number of nitrogens with zero attached hydrogens (tertiary/aromatic N) is 2. The normalized spacial score (nSPS) is 15.1. The summed E-state index contributed by atoms with van der Waals surface area (Å²) in [6.07, 6.45) is 3.69. The van der Waals surface area contributed by atoms with Gasteiger partial charge in [-0.25, -0.2) is 5.01 Å². The van der Waals surface area contributed by atoms with Crippen LogP contribution in [-0.4, -0.2) is 36.8 Å². The summed E-state index contributed by atoms with van der Waals surface area (Å²) in [5.41, 5.74) is 3.05. The van der Waals surface area contributed by atoms with E-state index >= 15 is 0 Å². The lowest BCUT2D eigenvalue weighted by Gasteiger charge is -2.21. The second-order valence-corrected chi connectivity index (χ2v) is 7.90. The molecule has 0 radical (unpaired) electrons. The Kier molecular flexibility index (Phi) is 7.26. The van der Waals surface area contributed by atoms with Crippen LogP contribution in [0.3, 0.4) is 0 Å². The van der Waals surface area contributed by atoms with Crippen LogP contribution in [0.5, 0.6) is 17.2 Å². The van der Waals surface area contributed by atoms with Crippen molar-refractivity contribution in [2.24, 2.45) is 5.10 Å². The molecule has 1 unspecified atom stereocenters. The first-order valence-electron chi connectivity index (χ1n) is 11.1. The molecule has 0 saturated heterocycles. The zero-order valence-corrected chi connectivity index (χ0v) is 19.8. The summed E-state index contributed by atoms with van der Waals surface area (Å²) in [6.45, 7) is 1.35. The lowest BCUT2D eigenvalue weighted by Crippen LogP contribution is -2.25. The molecule has 35 heavy (non-hydrogen) atoms. The summed E-state index contributed by atoms with van der Waals surface area (Å²) in [6, 6.07) is 21.9. The van der Waals surface area contributed by atoms with Crippen LogP contribution < -0.4 is 14.2 Å². The number of hydrogen-bond donors (Lipinski definition) is 0. The number of hydrazone groups is 1. The van der Waals surface area contributed by atoms with Gasteiger partial charge in [-0.1, -0.05) is 48.5 Å². The van der Waals surface area contributed by atoms with Gasteiger partial charge in [0.15, 0.2) is 11.5 Å². The Hall–Kier alpha value is -4.39. The molecule has 1 aliphatic heterocycles. The zero-order valence-electron chi connectivity index (χ0n) is 19.8. The molecule has 0 fully saturated rings. The molecule has 1 atom stereocenters. The summed E-state index contributed by atoms with van der Waals surface area (Å²) in [5, 5.41) is 6.14. The van der Waals surface area contributed by atoms with E-state index in [1.807, 2.05) is 54.6 Å².